The van der Waals surface area contributed by atoms with Crippen molar-refractivity contribution in [3.05, 3.63) is 41.3 Å². The Kier molecular flexibility index (Phi) is 7.34. The zero-order valence-corrected chi connectivity index (χ0v) is 14.6. The zero-order valence-electron chi connectivity index (χ0n) is 13.8. The summed E-state index contributed by atoms with van der Waals surface area (Å²) in [6.07, 6.45) is 2.54. The van der Waals surface area contributed by atoms with Gasteiger partial charge in [-0.05, 0) is 19.1 Å². The number of nitrogens with zero attached hydrogens (tertiary/aromatic N) is 2. The fraction of sp³-hybridized carbons (Fsp3) is 0.312. The summed E-state index contributed by atoms with van der Waals surface area (Å²) in [5, 5.41) is 5.86. The molecule has 0 saturated carbocycles. The number of carbonyl (C=O) groups is 1. The maximum atomic E-state index is 12.5. The molecule has 1 amide bonds. The molecule has 2 rings (SSSR count). The Morgan fingerprint density at radius 3 is 2.73 bits per heavy atom. The molecule has 7 nitrogen and oxygen atoms in total. The van der Waals surface area contributed by atoms with Gasteiger partial charge in [0.15, 0.2) is 11.5 Å². The number of anilines is 1. The molecule has 0 aliphatic heterocycles. The highest BCUT2D eigenvalue weighted by Crippen LogP contribution is 2.30. The Morgan fingerprint density at radius 2 is 2.08 bits per heavy atom. The molecular formula is C16H17ClF2N4O3. The van der Waals surface area contributed by atoms with E-state index in [4.69, 9.17) is 16.3 Å². The molecule has 0 aromatic carbocycles. The van der Waals surface area contributed by atoms with Gasteiger partial charge in [0.1, 0.15) is 12.4 Å². The zero-order chi connectivity index (χ0) is 18.9. The van der Waals surface area contributed by atoms with Crippen molar-refractivity contribution in [1.29, 1.82) is 0 Å². The smallest absolute Gasteiger partial charge is 0.387 e. The summed E-state index contributed by atoms with van der Waals surface area (Å²) in [7, 11) is 0. The highest BCUT2D eigenvalue weighted by Gasteiger charge is 2.14. The minimum Gasteiger partial charge on any atom is -0.483 e. The number of likely N-dealkylation sites (N-methyl/N-ethyl adjacent to an activating group) is 1. The van der Waals surface area contributed by atoms with Gasteiger partial charge in [-0.25, -0.2) is 4.98 Å². The monoisotopic (exact) mass is 386 g/mol. The Hall–Kier alpha value is -2.68. The van der Waals surface area contributed by atoms with Gasteiger partial charge in [-0.15, -0.1) is 0 Å². The summed E-state index contributed by atoms with van der Waals surface area (Å²) in [4.78, 5) is 19.5. The number of nitrogens with one attached hydrogen (secondary N) is 2. The van der Waals surface area contributed by atoms with Crippen LogP contribution in [0.1, 0.15) is 12.6 Å². The average molecular weight is 387 g/mol. The van der Waals surface area contributed by atoms with Gasteiger partial charge in [-0.2, -0.15) is 8.78 Å². The number of rotatable bonds is 9. The molecule has 2 N–H and O–H groups in total. The molecule has 2 heterocycles. The van der Waals surface area contributed by atoms with E-state index in [0.717, 1.165) is 6.20 Å². The molecule has 0 saturated heterocycles. The molecule has 10 heteroatoms. The van der Waals surface area contributed by atoms with Crippen LogP contribution in [0.5, 0.6) is 11.5 Å². The second kappa shape index (κ2) is 9.71. The molecule has 0 bridgehead atoms. The minimum absolute atomic E-state index is 0.0105. The number of hydrogen-bond acceptors (Lipinski definition) is 6. The highest BCUT2D eigenvalue weighted by molar-refractivity contribution is 6.30. The standard InChI is InChI=1S/C16H17ClF2N4O3/c1-2-20-15(24)8-23-14-5-12(13(7-22-14)26-16(18)19)25-9-11-4-3-10(17)6-21-11/h3-7,16H,2,8-9H2,1H3,(H,20,24)(H,22,23). The van der Waals surface area contributed by atoms with Crippen molar-refractivity contribution in [3.8, 4) is 11.5 Å². The van der Waals surface area contributed by atoms with Gasteiger partial charge in [-0.3, -0.25) is 9.78 Å². The lowest BCUT2D eigenvalue weighted by atomic mass is 10.3. The lowest BCUT2D eigenvalue weighted by molar-refractivity contribution is -0.119. The van der Waals surface area contributed by atoms with E-state index in [1.807, 2.05) is 0 Å². The molecule has 26 heavy (non-hydrogen) atoms. The number of hydrogen-bond donors (Lipinski definition) is 2. The Balaban J connectivity index is 2.09. The number of carbonyl (C=O) groups excluding carboxylic acids is 1. The van der Waals surface area contributed by atoms with Crippen LogP contribution >= 0.6 is 11.6 Å². The molecule has 2 aromatic heterocycles. The Labute approximate surface area is 153 Å². The van der Waals surface area contributed by atoms with Crippen LogP contribution in [0.2, 0.25) is 5.02 Å². The number of ether oxygens (including phenoxy) is 2. The molecule has 2 aromatic rings. The van der Waals surface area contributed by atoms with E-state index < -0.39 is 6.61 Å². The van der Waals surface area contributed by atoms with E-state index in [1.165, 1.54) is 12.3 Å². The highest BCUT2D eigenvalue weighted by atomic mass is 35.5. The summed E-state index contributed by atoms with van der Waals surface area (Å²) in [6.45, 7) is -0.743. The van der Waals surface area contributed by atoms with Gasteiger partial charge >= 0.3 is 6.61 Å². The SMILES string of the molecule is CCNC(=O)CNc1cc(OCc2ccc(Cl)cn2)c(OC(F)F)cn1. The molecule has 0 fully saturated rings. The molecule has 140 valence electrons. The first kappa shape index (κ1) is 19.6. The van der Waals surface area contributed by atoms with E-state index >= 15 is 0 Å². The van der Waals surface area contributed by atoms with E-state index in [-0.39, 0.29) is 36.4 Å². The van der Waals surface area contributed by atoms with E-state index in [0.29, 0.717) is 17.3 Å². The molecule has 0 spiro atoms. The summed E-state index contributed by atoms with van der Waals surface area (Å²) < 4.78 is 35.0. The third kappa shape index (κ3) is 6.32. The lowest BCUT2D eigenvalue weighted by Crippen LogP contribution is -2.29. The predicted octanol–water partition coefficient (Wildman–Crippen LogP) is 2.86. The van der Waals surface area contributed by atoms with Crippen LogP contribution in [0.25, 0.3) is 0 Å². The van der Waals surface area contributed by atoms with Crippen molar-refractivity contribution in [2.45, 2.75) is 20.1 Å². The molecular weight excluding hydrogens is 370 g/mol. The summed E-state index contributed by atoms with van der Waals surface area (Å²) in [5.74, 6) is -0.139. The van der Waals surface area contributed by atoms with Crippen LogP contribution in [-0.2, 0) is 11.4 Å². The quantitative estimate of drug-likeness (QED) is 0.689. The number of aromatic nitrogens is 2. The topological polar surface area (TPSA) is 85.4 Å². The molecule has 0 atom stereocenters. The normalized spacial score (nSPS) is 10.5. The summed E-state index contributed by atoms with van der Waals surface area (Å²) in [5.41, 5.74) is 0.547. The van der Waals surface area contributed by atoms with Gasteiger partial charge in [-0.1, -0.05) is 11.6 Å². The molecule has 0 radical (unpaired) electrons. The Bertz CT molecular complexity index is 732. The lowest BCUT2D eigenvalue weighted by Gasteiger charge is -2.13. The number of pyridine rings is 2. The first-order valence-electron chi connectivity index (χ1n) is 7.66. The van der Waals surface area contributed by atoms with Crippen LogP contribution in [0.3, 0.4) is 0 Å². The van der Waals surface area contributed by atoms with Crippen LogP contribution in [0.4, 0.5) is 14.6 Å². The van der Waals surface area contributed by atoms with Gasteiger partial charge in [0, 0.05) is 18.8 Å². The van der Waals surface area contributed by atoms with Crippen molar-refractivity contribution >= 4 is 23.3 Å². The second-order valence-electron chi connectivity index (χ2n) is 4.96. The molecule has 0 unspecified atom stereocenters. The first-order chi connectivity index (χ1) is 12.5. The van der Waals surface area contributed by atoms with Gasteiger partial charge in [0.25, 0.3) is 0 Å². The van der Waals surface area contributed by atoms with Gasteiger partial charge < -0.3 is 20.1 Å². The van der Waals surface area contributed by atoms with Crippen molar-refractivity contribution in [2.75, 3.05) is 18.4 Å². The first-order valence-corrected chi connectivity index (χ1v) is 8.04. The Morgan fingerprint density at radius 1 is 1.27 bits per heavy atom. The largest absolute Gasteiger partial charge is 0.483 e. The van der Waals surface area contributed by atoms with Crippen molar-refractivity contribution in [2.24, 2.45) is 0 Å². The maximum Gasteiger partial charge on any atom is 0.387 e. The van der Waals surface area contributed by atoms with Crippen molar-refractivity contribution in [1.82, 2.24) is 15.3 Å². The fourth-order valence-corrected chi connectivity index (χ4v) is 2.00. The average Bonchev–Trinajstić information content (AvgIpc) is 2.61. The second-order valence-corrected chi connectivity index (χ2v) is 5.39. The van der Waals surface area contributed by atoms with E-state index in [2.05, 4.69) is 25.3 Å². The third-order valence-electron chi connectivity index (χ3n) is 3.02. The van der Waals surface area contributed by atoms with Crippen LogP contribution in [0, 0.1) is 0 Å². The minimum atomic E-state index is -3.03. The summed E-state index contributed by atoms with van der Waals surface area (Å²) in [6, 6.07) is 4.65. The number of amides is 1. The number of alkyl halides is 2. The fourth-order valence-electron chi connectivity index (χ4n) is 1.89. The van der Waals surface area contributed by atoms with Crippen molar-refractivity contribution < 1.29 is 23.0 Å². The third-order valence-corrected chi connectivity index (χ3v) is 3.24. The van der Waals surface area contributed by atoms with Crippen LogP contribution in [0.15, 0.2) is 30.6 Å². The molecule has 0 aliphatic carbocycles. The van der Waals surface area contributed by atoms with Crippen molar-refractivity contribution in [3.63, 3.8) is 0 Å². The molecule has 0 aliphatic rings. The number of halogens is 3. The summed E-state index contributed by atoms with van der Waals surface area (Å²) >= 11 is 5.76. The van der Waals surface area contributed by atoms with Crippen LogP contribution in [-0.4, -0.2) is 35.6 Å². The van der Waals surface area contributed by atoms with E-state index in [9.17, 15) is 13.6 Å². The predicted molar refractivity (Wildman–Crippen MR) is 91.6 cm³/mol. The van der Waals surface area contributed by atoms with Crippen LogP contribution < -0.4 is 20.1 Å². The van der Waals surface area contributed by atoms with E-state index in [1.54, 1.807) is 19.1 Å². The van der Waals surface area contributed by atoms with Gasteiger partial charge in [0.05, 0.1) is 23.5 Å². The van der Waals surface area contributed by atoms with Gasteiger partial charge in [0.2, 0.25) is 5.91 Å². The maximum absolute atomic E-state index is 12.5.